The minimum atomic E-state index is -0.548. The molecule has 0 radical (unpaired) electrons. The Morgan fingerprint density at radius 1 is 1.03 bits per heavy atom. The molecular weight excluding hydrogens is 426 g/mol. The molecular formula is C23H29N5O5. The molecule has 1 N–H and O–H groups in total. The Morgan fingerprint density at radius 3 is 2.42 bits per heavy atom. The van der Waals surface area contributed by atoms with E-state index in [0.29, 0.717) is 54.7 Å². The summed E-state index contributed by atoms with van der Waals surface area (Å²) in [6.45, 7) is 9.49. The third-order valence-electron chi connectivity index (χ3n) is 5.22. The minimum Gasteiger partial charge on any atom is -0.486 e. The molecule has 3 aromatic rings. The fourth-order valence-electron chi connectivity index (χ4n) is 3.90. The van der Waals surface area contributed by atoms with Crippen molar-refractivity contribution in [3.05, 3.63) is 45.4 Å². The highest BCUT2D eigenvalue weighted by Gasteiger charge is 2.21. The Hall–Kier alpha value is -3.56. The number of nitrogens with one attached hydrogen (secondary N) is 1. The van der Waals surface area contributed by atoms with Gasteiger partial charge in [0.05, 0.1) is 6.33 Å². The average Bonchev–Trinajstić information content (AvgIpc) is 3.17. The first-order valence-electron chi connectivity index (χ1n) is 11.1. The molecule has 10 nitrogen and oxygen atoms in total. The molecule has 2 aromatic heterocycles. The molecule has 10 heteroatoms. The van der Waals surface area contributed by atoms with Gasteiger partial charge in [-0.25, -0.2) is 14.3 Å². The van der Waals surface area contributed by atoms with Crippen molar-refractivity contribution in [3.63, 3.8) is 0 Å². The lowest BCUT2D eigenvalue weighted by atomic mass is 10.2. The molecule has 0 atom stereocenters. The van der Waals surface area contributed by atoms with E-state index < -0.39 is 23.7 Å². The number of rotatable bonds is 7. The second kappa shape index (κ2) is 9.13. The SMILES string of the molecule is CC(C)Cn1cnc2c1c(=O)n(CC(=O)Nc1ccc3c(c1)OCCO3)c(=O)n2CC(C)C. The normalized spacial score (nSPS) is 13.2. The maximum Gasteiger partial charge on any atom is 0.333 e. The topological polar surface area (TPSA) is 109 Å². The van der Waals surface area contributed by atoms with E-state index in [1.807, 2.05) is 27.7 Å². The lowest BCUT2D eigenvalue weighted by molar-refractivity contribution is -0.116. The molecule has 0 bridgehead atoms. The Kier molecular flexibility index (Phi) is 6.26. The smallest absolute Gasteiger partial charge is 0.333 e. The molecule has 0 aliphatic carbocycles. The van der Waals surface area contributed by atoms with Crippen molar-refractivity contribution < 1.29 is 14.3 Å². The van der Waals surface area contributed by atoms with Gasteiger partial charge in [0.25, 0.3) is 5.56 Å². The van der Waals surface area contributed by atoms with Crippen molar-refractivity contribution in [2.75, 3.05) is 18.5 Å². The molecule has 0 fully saturated rings. The molecule has 1 amide bonds. The number of imidazole rings is 1. The molecule has 0 saturated carbocycles. The maximum atomic E-state index is 13.3. The average molecular weight is 456 g/mol. The van der Waals surface area contributed by atoms with E-state index in [4.69, 9.17) is 9.47 Å². The third kappa shape index (κ3) is 4.64. The second-order valence-electron chi connectivity index (χ2n) is 9.05. The van der Waals surface area contributed by atoms with Gasteiger partial charge in [-0.3, -0.25) is 14.2 Å². The van der Waals surface area contributed by atoms with Crippen LogP contribution < -0.4 is 26.0 Å². The number of hydrogen-bond donors (Lipinski definition) is 1. The molecule has 0 spiro atoms. The number of fused-ring (bicyclic) bond motifs is 2. The summed E-state index contributed by atoms with van der Waals surface area (Å²) in [5.74, 6) is 1.08. The highest BCUT2D eigenvalue weighted by Crippen LogP contribution is 2.32. The van der Waals surface area contributed by atoms with Crippen LogP contribution in [-0.2, 0) is 24.4 Å². The van der Waals surface area contributed by atoms with Gasteiger partial charge in [-0.2, -0.15) is 0 Å². The van der Waals surface area contributed by atoms with Crippen molar-refractivity contribution in [2.45, 2.75) is 47.3 Å². The zero-order chi connectivity index (χ0) is 23.7. The highest BCUT2D eigenvalue weighted by molar-refractivity contribution is 5.91. The van der Waals surface area contributed by atoms with Gasteiger partial charge >= 0.3 is 5.69 Å². The molecule has 1 aliphatic heterocycles. The van der Waals surface area contributed by atoms with Gasteiger partial charge in [0.2, 0.25) is 5.91 Å². The first-order valence-corrected chi connectivity index (χ1v) is 11.1. The van der Waals surface area contributed by atoms with Gasteiger partial charge in [-0.05, 0) is 24.0 Å². The first-order chi connectivity index (χ1) is 15.7. The lowest BCUT2D eigenvalue weighted by Crippen LogP contribution is -2.43. The quantitative estimate of drug-likeness (QED) is 0.584. The van der Waals surface area contributed by atoms with Crippen molar-refractivity contribution >= 4 is 22.8 Å². The number of hydrogen-bond acceptors (Lipinski definition) is 6. The molecule has 0 saturated heterocycles. The van der Waals surface area contributed by atoms with Crippen LogP contribution in [0.2, 0.25) is 0 Å². The maximum absolute atomic E-state index is 13.3. The predicted octanol–water partition coefficient (Wildman–Crippen LogP) is 2.08. The van der Waals surface area contributed by atoms with Gasteiger partial charge in [0, 0.05) is 24.8 Å². The number of amides is 1. The van der Waals surface area contributed by atoms with Crippen molar-refractivity contribution in [2.24, 2.45) is 11.8 Å². The van der Waals surface area contributed by atoms with E-state index >= 15 is 0 Å². The van der Waals surface area contributed by atoms with Gasteiger partial charge < -0.3 is 19.4 Å². The molecule has 1 aromatic carbocycles. The number of anilines is 1. The number of benzene rings is 1. The fraction of sp³-hybridized carbons (Fsp3) is 0.478. The fourth-order valence-corrected chi connectivity index (χ4v) is 3.90. The van der Waals surface area contributed by atoms with Gasteiger partial charge in [0.15, 0.2) is 22.7 Å². The van der Waals surface area contributed by atoms with E-state index in [-0.39, 0.29) is 11.8 Å². The van der Waals surface area contributed by atoms with Crippen LogP contribution in [0.25, 0.3) is 11.2 Å². The highest BCUT2D eigenvalue weighted by atomic mass is 16.6. The lowest BCUT2D eigenvalue weighted by Gasteiger charge is -2.19. The van der Waals surface area contributed by atoms with E-state index in [1.54, 1.807) is 29.1 Å². The van der Waals surface area contributed by atoms with Crippen molar-refractivity contribution in [1.29, 1.82) is 0 Å². The van der Waals surface area contributed by atoms with Crippen LogP contribution in [0.5, 0.6) is 11.5 Å². The van der Waals surface area contributed by atoms with E-state index in [9.17, 15) is 14.4 Å². The summed E-state index contributed by atoms with van der Waals surface area (Å²) in [7, 11) is 0. The van der Waals surface area contributed by atoms with Gasteiger partial charge in [0.1, 0.15) is 19.8 Å². The van der Waals surface area contributed by atoms with Gasteiger partial charge in [-0.15, -0.1) is 0 Å². The third-order valence-corrected chi connectivity index (χ3v) is 5.22. The number of aromatic nitrogens is 4. The van der Waals surface area contributed by atoms with Crippen LogP contribution >= 0.6 is 0 Å². The summed E-state index contributed by atoms with van der Waals surface area (Å²) in [5.41, 5.74) is 0.100. The monoisotopic (exact) mass is 455 g/mol. The summed E-state index contributed by atoms with van der Waals surface area (Å²) in [5, 5.41) is 2.74. The number of carbonyl (C=O) groups is 1. The summed E-state index contributed by atoms with van der Waals surface area (Å²) in [6, 6.07) is 5.06. The summed E-state index contributed by atoms with van der Waals surface area (Å²) in [4.78, 5) is 43.7. The Labute approximate surface area is 190 Å². The Balaban J connectivity index is 1.69. The van der Waals surface area contributed by atoms with Crippen molar-refractivity contribution in [1.82, 2.24) is 18.7 Å². The number of ether oxygens (including phenoxy) is 2. The molecule has 4 rings (SSSR count). The molecule has 33 heavy (non-hydrogen) atoms. The van der Waals surface area contributed by atoms with E-state index in [0.717, 1.165) is 4.57 Å². The summed E-state index contributed by atoms with van der Waals surface area (Å²) < 4.78 is 15.3. The first kappa shape index (κ1) is 22.6. The Morgan fingerprint density at radius 2 is 1.73 bits per heavy atom. The minimum absolute atomic E-state index is 0.152. The zero-order valence-corrected chi connectivity index (χ0v) is 19.3. The van der Waals surface area contributed by atoms with E-state index in [2.05, 4.69) is 10.3 Å². The Bertz CT molecular complexity index is 1300. The summed E-state index contributed by atoms with van der Waals surface area (Å²) >= 11 is 0. The van der Waals surface area contributed by atoms with Gasteiger partial charge in [-0.1, -0.05) is 27.7 Å². The van der Waals surface area contributed by atoms with Crippen LogP contribution in [0.15, 0.2) is 34.1 Å². The molecule has 176 valence electrons. The number of nitrogens with zero attached hydrogens (tertiary/aromatic N) is 4. The van der Waals surface area contributed by atoms with E-state index in [1.165, 1.54) is 4.57 Å². The van der Waals surface area contributed by atoms with Crippen LogP contribution in [0, 0.1) is 11.8 Å². The van der Waals surface area contributed by atoms with Crippen molar-refractivity contribution in [3.8, 4) is 11.5 Å². The van der Waals surface area contributed by atoms with Crippen LogP contribution in [0.3, 0.4) is 0 Å². The summed E-state index contributed by atoms with van der Waals surface area (Å²) in [6.07, 6.45) is 1.59. The van der Waals surface area contributed by atoms with Crippen LogP contribution in [-0.4, -0.2) is 37.8 Å². The second-order valence-corrected chi connectivity index (χ2v) is 9.05. The predicted molar refractivity (Wildman–Crippen MR) is 124 cm³/mol. The molecule has 0 unspecified atom stereocenters. The largest absolute Gasteiger partial charge is 0.486 e. The standard InChI is InChI=1S/C23H29N5O5/c1-14(2)10-26-13-24-21-20(26)22(30)28(23(31)27(21)11-15(3)4)12-19(29)25-16-5-6-17-18(9-16)33-8-7-32-17/h5-6,9,13-15H,7-8,10-12H2,1-4H3,(H,25,29). The zero-order valence-electron chi connectivity index (χ0n) is 19.3. The number of carbonyl (C=O) groups excluding carboxylic acids is 1. The molecule has 1 aliphatic rings. The van der Waals surface area contributed by atoms with Crippen LogP contribution in [0.1, 0.15) is 27.7 Å². The molecule has 3 heterocycles. The van der Waals surface area contributed by atoms with Crippen LogP contribution in [0.4, 0.5) is 5.69 Å².